The maximum Gasteiger partial charge on any atom is 0.233 e. The van der Waals surface area contributed by atoms with Crippen LogP contribution in [0, 0.1) is 11.8 Å². The smallest absolute Gasteiger partial charge is 0.233 e. The molecule has 2 aromatic heterocycles. The lowest BCUT2D eigenvalue weighted by Crippen LogP contribution is -2.40. The summed E-state index contributed by atoms with van der Waals surface area (Å²) in [7, 11) is 0. The minimum Gasteiger partial charge on any atom is -0.377 e. The van der Waals surface area contributed by atoms with E-state index in [1.807, 2.05) is 22.4 Å². The predicted octanol–water partition coefficient (Wildman–Crippen LogP) is 3.74. The van der Waals surface area contributed by atoms with Crippen molar-refractivity contribution < 1.29 is 9.53 Å². The summed E-state index contributed by atoms with van der Waals surface area (Å²) in [5.41, 5.74) is 1.99. The molecule has 5 heteroatoms. The van der Waals surface area contributed by atoms with E-state index >= 15 is 0 Å². The molecule has 122 valence electrons. The molecule has 1 fully saturated rings. The molecule has 0 N–H and O–H groups in total. The summed E-state index contributed by atoms with van der Waals surface area (Å²) >= 11 is 1.65. The Balaban J connectivity index is 1.87. The van der Waals surface area contributed by atoms with E-state index in [-0.39, 0.29) is 17.9 Å². The molecule has 1 aliphatic rings. The van der Waals surface area contributed by atoms with Crippen LogP contribution in [0.4, 0.5) is 5.69 Å². The van der Waals surface area contributed by atoms with Crippen molar-refractivity contribution in [2.75, 3.05) is 11.5 Å². The van der Waals surface area contributed by atoms with Gasteiger partial charge in [-0.2, -0.15) is 11.3 Å². The first-order valence-corrected chi connectivity index (χ1v) is 8.95. The van der Waals surface area contributed by atoms with Crippen LogP contribution in [0.5, 0.6) is 0 Å². The number of rotatable bonds is 5. The van der Waals surface area contributed by atoms with Crippen molar-refractivity contribution in [3.8, 4) is 0 Å². The summed E-state index contributed by atoms with van der Waals surface area (Å²) in [6.07, 6.45) is 4.28. The van der Waals surface area contributed by atoms with Crippen molar-refractivity contribution in [2.24, 2.45) is 11.8 Å². The van der Waals surface area contributed by atoms with Crippen LogP contribution in [0.3, 0.4) is 0 Å². The molecule has 2 aromatic rings. The van der Waals surface area contributed by atoms with Crippen molar-refractivity contribution >= 4 is 22.9 Å². The molecule has 0 aliphatic carbocycles. The number of anilines is 1. The Bertz CT molecular complexity index is 628. The molecule has 0 spiro atoms. The largest absolute Gasteiger partial charge is 0.377 e. The second-order valence-electron chi connectivity index (χ2n) is 6.24. The van der Waals surface area contributed by atoms with Gasteiger partial charge in [0.2, 0.25) is 5.91 Å². The Kier molecular flexibility index (Phi) is 5.08. The summed E-state index contributed by atoms with van der Waals surface area (Å²) in [5, 5.41) is 4.12. The number of pyridine rings is 1. The lowest BCUT2D eigenvalue weighted by atomic mass is 9.91. The molecule has 1 aliphatic heterocycles. The number of aromatic nitrogens is 1. The number of amides is 1. The first-order chi connectivity index (χ1) is 11.2. The van der Waals surface area contributed by atoms with E-state index in [0.29, 0.717) is 19.1 Å². The van der Waals surface area contributed by atoms with Crippen LogP contribution in [-0.2, 0) is 16.1 Å². The molecule has 0 unspecified atom stereocenters. The first-order valence-electron chi connectivity index (χ1n) is 8.01. The molecule has 3 rings (SSSR count). The molecule has 4 nitrogen and oxygen atoms in total. The normalized spacial score (nSPS) is 20.8. The number of hydrogen-bond donors (Lipinski definition) is 0. The third kappa shape index (κ3) is 3.62. The van der Waals surface area contributed by atoms with Gasteiger partial charge in [0.15, 0.2) is 0 Å². The number of carbonyl (C=O) groups is 1. The standard InChI is InChI=1S/C18H22N2O2S/c1-13(2)17-16(5-8-22-17)18(21)20(11-14-6-9-23-12-14)15-4-3-7-19-10-15/h3-4,6-7,9-10,12-13,16-17H,5,8,11H2,1-2H3/t16-,17+/m0/s1. The average Bonchev–Trinajstić information content (AvgIpc) is 3.24. The predicted molar refractivity (Wildman–Crippen MR) is 92.4 cm³/mol. The van der Waals surface area contributed by atoms with E-state index in [1.165, 1.54) is 0 Å². The maximum absolute atomic E-state index is 13.2. The van der Waals surface area contributed by atoms with Gasteiger partial charge in [0.1, 0.15) is 0 Å². The van der Waals surface area contributed by atoms with Gasteiger partial charge < -0.3 is 9.64 Å². The zero-order valence-electron chi connectivity index (χ0n) is 13.5. The van der Waals surface area contributed by atoms with Gasteiger partial charge in [-0.1, -0.05) is 13.8 Å². The molecular weight excluding hydrogens is 308 g/mol. The van der Waals surface area contributed by atoms with E-state index in [9.17, 15) is 4.79 Å². The van der Waals surface area contributed by atoms with Crippen LogP contribution in [-0.4, -0.2) is 23.6 Å². The first kappa shape index (κ1) is 16.1. The highest BCUT2D eigenvalue weighted by molar-refractivity contribution is 7.07. The Hall–Kier alpha value is -1.72. The van der Waals surface area contributed by atoms with Crippen molar-refractivity contribution in [1.29, 1.82) is 0 Å². The fourth-order valence-corrected chi connectivity index (χ4v) is 3.77. The molecule has 0 aromatic carbocycles. The summed E-state index contributed by atoms with van der Waals surface area (Å²) in [6, 6.07) is 5.87. The third-order valence-electron chi connectivity index (χ3n) is 4.25. The fraction of sp³-hybridized carbons (Fsp3) is 0.444. The lowest BCUT2D eigenvalue weighted by molar-refractivity contribution is -0.125. The molecule has 0 saturated carbocycles. The van der Waals surface area contributed by atoms with Gasteiger partial charge in [-0.05, 0) is 46.9 Å². The fourth-order valence-electron chi connectivity index (χ4n) is 3.11. The zero-order chi connectivity index (χ0) is 16.2. The molecule has 0 bridgehead atoms. The van der Waals surface area contributed by atoms with Gasteiger partial charge in [-0.15, -0.1) is 0 Å². The maximum atomic E-state index is 13.2. The van der Waals surface area contributed by atoms with Crippen LogP contribution in [0.25, 0.3) is 0 Å². The summed E-state index contributed by atoms with van der Waals surface area (Å²) < 4.78 is 5.81. The highest BCUT2D eigenvalue weighted by Crippen LogP contribution is 2.31. The molecule has 3 heterocycles. The number of ether oxygens (including phenoxy) is 1. The van der Waals surface area contributed by atoms with E-state index in [2.05, 4.69) is 30.3 Å². The average molecular weight is 330 g/mol. The van der Waals surface area contributed by atoms with Gasteiger partial charge in [-0.3, -0.25) is 9.78 Å². The van der Waals surface area contributed by atoms with Crippen LogP contribution in [0.15, 0.2) is 41.4 Å². The van der Waals surface area contributed by atoms with Gasteiger partial charge in [-0.25, -0.2) is 0 Å². The number of hydrogen-bond acceptors (Lipinski definition) is 4. The monoisotopic (exact) mass is 330 g/mol. The number of thiophene rings is 1. The van der Waals surface area contributed by atoms with Crippen molar-refractivity contribution in [1.82, 2.24) is 4.98 Å². The highest BCUT2D eigenvalue weighted by atomic mass is 32.1. The van der Waals surface area contributed by atoms with Gasteiger partial charge in [0.05, 0.1) is 30.5 Å². The Labute approximate surface area is 141 Å². The zero-order valence-corrected chi connectivity index (χ0v) is 14.3. The molecular formula is C18H22N2O2S. The van der Waals surface area contributed by atoms with Gasteiger partial charge in [0.25, 0.3) is 0 Å². The van der Waals surface area contributed by atoms with E-state index < -0.39 is 0 Å². The molecule has 2 atom stereocenters. The third-order valence-corrected chi connectivity index (χ3v) is 4.99. The minimum atomic E-state index is -0.0751. The van der Waals surface area contributed by atoms with E-state index in [1.54, 1.807) is 23.7 Å². The Morgan fingerprint density at radius 1 is 1.48 bits per heavy atom. The van der Waals surface area contributed by atoms with Crippen LogP contribution in [0.2, 0.25) is 0 Å². The highest BCUT2D eigenvalue weighted by Gasteiger charge is 2.38. The Morgan fingerprint density at radius 3 is 3.00 bits per heavy atom. The van der Waals surface area contributed by atoms with E-state index in [0.717, 1.165) is 17.7 Å². The number of carbonyl (C=O) groups excluding carboxylic acids is 1. The number of nitrogens with zero attached hydrogens (tertiary/aromatic N) is 2. The molecule has 1 saturated heterocycles. The second-order valence-corrected chi connectivity index (χ2v) is 7.02. The van der Waals surface area contributed by atoms with Crippen LogP contribution in [0.1, 0.15) is 25.8 Å². The quantitative estimate of drug-likeness (QED) is 0.839. The summed E-state index contributed by atoms with van der Waals surface area (Å²) in [6.45, 7) is 5.47. The van der Waals surface area contributed by atoms with Gasteiger partial charge >= 0.3 is 0 Å². The second kappa shape index (κ2) is 7.23. The molecule has 23 heavy (non-hydrogen) atoms. The van der Waals surface area contributed by atoms with Crippen molar-refractivity contribution in [3.63, 3.8) is 0 Å². The van der Waals surface area contributed by atoms with Gasteiger partial charge in [0, 0.05) is 12.8 Å². The van der Waals surface area contributed by atoms with Crippen molar-refractivity contribution in [3.05, 3.63) is 46.9 Å². The van der Waals surface area contributed by atoms with E-state index in [4.69, 9.17) is 4.74 Å². The Morgan fingerprint density at radius 2 is 2.35 bits per heavy atom. The molecule has 1 amide bonds. The summed E-state index contributed by atoms with van der Waals surface area (Å²) in [5.74, 6) is 0.401. The van der Waals surface area contributed by atoms with Crippen LogP contribution >= 0.6 is 11.3 Å². The summed E-state index contributed by atoms with van der Waals surface area (Å²) in [4.78, 5) is 19.2. The minimum absolute atomic E-state index is 0.00384. The van der Waals surface area contributed by atoms with Crippen LogP contribution < -0.4 is 4.90 Å². The SMILES string of the molecule is CC(C)[C@H]1OCC[C@@H]1C(=O)N(Cc1ccsc1)c1cccnc1. The molecule has 0 radical (unpaired) electrons. The topological polar surface area (TPSA) is 42.4 Å². The lowest BCUT2D eigenvalue weighted by Gasteiger charge is -2.28. The van der Waals surface area contributed by atoms with Crippen molar-refractivity contribution in [2.45, 2.75) is 32.9 Å².